The van der Waals surface area contributed by atoms with Crippen LogP contribution in [-0.2, 0) is 17.8 Å². The average Bonchev–Trinajstić information content (AvgIpc) is 3.26. The minimum atomic E-state index is 0. The number of nitrogens with one attached hydrogen (secondary N) is 2. The second kappa shape index (κ2) is 9.34. The Kier molecular flexibility index (Phi) is 8.16. The average molecular weight is 421 g/mol. The Morgan fingerprint density at radius 3 is 2.68 bits per heavy atom. The first-order valence-electron chi connectivity index (χ1n) is 7.62. The van der Waals surface area contributed by atoms with Gasteiger partial charge in [0.15, 0.2) is 5.96 Å². The van der Waals surface area contributed by atoms with Gasteiger partial charge in [0.05, 0.1) is 18.8 Å². The number of hydrogen-bond acceptors (Lipinski definition) is 3. The van der Waals surface area contributed by atoms with Gasteiger partial charge in [-0.25, -0.2) is 0 Å². The lowest BCUT2D eigenvalue weighted by Crippen LogP contribution is -2.38. The van der Waals surface area contributed by atoms with E-state index in [2.05, 4.69) is 27.6 Å². The minimum absolute atomic E-state index is 0. The molecule has 6 nitrogen and oxygen atoms in total. The van der Waals surface area contributed by atoms with Crippen molar-refractivity contribution in [2.24, 2.45) is 10.9 Å². The standard InChI is InChI=1S/C15H27N5O.HI/c1-11-14(12(2)20(19-11)7-8-21-4)10-18-15(16-3)17-9-13-5-6-13;/h13H,5-10H2,1-4H3,(H2,16,17,18);1H. The molecular formula is C15H28IN5O. The zero-order chi connectivity index (χ0) is 15.2. The van der Waals surface area contributed by atoms with Crippen LogP contribution in [0.25, 0.3) is 0 Å². The fraction of sp³-hybridized carbons (Fsp3) is 0.733. The number of rotatable bonds is 7. The van der Waals surface area contributed by atoms with Crippen molar-refractivity contribution in [2.75, 3.05) is 27.3 Å². The molecule has 1 heterocycles. The van der Waals surface area contributed by atoms with E-state index in [1.54, 1.807) is 7.11 Å². The number of halogens is 1. The van der Waals surface area contributed by atoms with Gasteiger partial charge >= 0.3 is 0 Å². The van der Waals surface area contributed by atoms with Crippen LogP contribution in [0.2, 0.25) is 0 Å². The fourth-order valence-corrected chi connectivity index (χ4v) is 2.34. The maximum atomic E-state index is 5.12. The van der Waals surface area contributed by atoms with Gasteiger partial charge in [-0.3, -0.25) is 9.67 Å². The number of hydrogen-bond donors (Lipinski definition) is 2. The summed E-state index contributed by atoms with van der Waals surface area (Å²) in [7, 11) is 3.52. The van der Waals surface area contributed by atoms with Crippen molar-refractivity contribution in [3.8, 4) is 0 Å². The third kappa shape index (κ3) is 5.42. The van der Waals surface area contributed by atoms with Crippen molar-refractivity contribution < 1.29 is 4.74 Å². The van der Waals surface area contributed by atoms with Gasteiger partial charge in [0.2, 0.25) is 0 Å². The molecule has 0 spiro atoms. The summed E-state index contributed by atoms with van der Waals surface area (Å²) in [4.78, 5) is 4.27. The molecule has 1 aliphatic rings. The van der Waals surface area contributed by atoms with Crippen LogP contribution in [0.15, 0.2) is 4.99 Å². The number of aromatic nitrogens is 2. The quantitative estimate of drug-likeness (QED) is 0.401. The molecule has 0 radical (unpaired) electrons. The number of aliphatic imine (C=N–C) groups is 1. The van der Waals surface area contributed by atoms with Gasteiger partial charge < -0.3 is 15.4 Å². The summed E-state index contributed by atoms with van der Waals surface area (Å²) in [6.07, 6.45) is 2.68. The van der Waals surface area contributed by atoms with Crippen LogP contribution in [0.3, 0.4) is 0 Å². The molecule has 7 heteroatoms. The Bertz CT molecular complexity index is 496. The summed E-state index contributed by atoms with van der Waals surface area (Å²) < 4.78 is 7.13. The SMILES string of the molecule is CN=C(NCc1c(C)nn(CCOC)c1C)NCC1CC1.I. The van der Waals surface area contributed by atoms with Gasteiger partial charge in [-0.15, -0.1) is 24.0 Å². The smallest absolute Gasteiger partial charge is 0.191 e. The van der Waals surface area contributed by atoms with Crippen LogP contribution in [0.5, 0.6) is 0 Å². The Morgan fingerprint density at radius 1 is 1.36 bits per heavy atom. The van der Waals surface area contributed by atoms with Crippen molar-refractivity contribution >= 4 is 29.9 Å². The van der Waals surface area contributed by atoms with Crippen molar-refractivity contribution in [3.05, 3.63) is 17.0 Å². The molecule has 2 N–H and O–H groups in total. The highest BCUT2D eigenvalue weighted by Crippen LogP contribution is 2.27. The summed E-state index contributed by atoms with van der Waals surface area (Å²) in [6.45, 7) is 7.39. The van der Waals surface area contributed by atoms with Crippen LogP contribution in [0.1, 0.15) is 29.8 Å². The molecule has 1 aromatic rings. The Morgan fingerprint density at radius 2 is 2.09 bits per heavy atom. The van der Waals surface area contributed by atoms with E-state index in [1.165, 1.54) is 24.1 Å². The predicted octanol–water partition coefficient (Wildman–Crippen LogP) is 1.84. The van der Waals surface area contributed by atoms with Crippen LogP contribution in [0, 0.1) is 19.8 Å². The van der Waals surface area contributed by atoms with Gasteiger partial charge in [-0.2, -0.15) is 5.10 Å². The molecule has 1 saturated carbocycles. The van der Waals surface area contributed by atoms with Gasteiger partial charge in [-0.05, 0) is 32.6 Å². The molecule has 0 aliphatic heterocycles. The van der Waals surface area contributed by atoms with E-state index in [9.17, 15) is 0 Å². The highest BCUT2D eigenvalue weighted by molar-refractivity contribution is 14.0. The minimum Gasteiger partial charge on any atom is -0.383 e. The Labute approximate surface area is 150 Å². The van der Waals surface area contributed by atoms with Crippen LogP contribution in [0.4, 0.5) is 0 Å². The summed E-state index contributed by atoms with van der Waals surface area (Å²) in [5.41, 5.74) is 3.49. The molecule has 0 unspecified atom stereocenters. The monoisotopic (exact) mass is 421 g/mol. The zero-order valence-corrected chi connectivity index (χ0v) is 16.3. The van der Waals surface area contributed by atoms with Crippen LogP contribution in [-0.4, -0.2) is 43.0 Å². The van der Waals surface area contributed by atoms with Gasteiger partial charge in [0.1, 0.15) is 0 Å². The Hall–Kier alpha value is -0.830. The maximum Gasteiger partial charge on any atom is 0.191 e. The molecular weight excluding hydrogens is 393 g/mol. The molecule has 126 valence electrons. The lowest BCUT2D eigenvalue weighted by atomic mass is 10.2. The second-order valence-electron chi connectivity index (χ2n) is 5.62. The van der Waals surface area contributed by atoms with E-state index in [-0.39, 0.29) is 24.0 Å². The summed E-state index contributed by atoms with van der Waals surface area (Å²) in [6, 6.07) is 0. The lowest BCUT2D eigenvalue weighted by Gasteiger charge is -2.12. The normalized spacial score (nSPS) is 14.6. The van der Waals surface area contributed by atoms with Crippen molar-refractivity contribution in [1.29, 1.82) is 0 Å². The van der Waals surface area contributed by atoms with Crippen molar-refractivity contribution in [1.82, 2.24) is 20.4 Å². The van der Waals surface area contributed by atoms with Crippen molar-refractivity contribution in [2.45, 2.75) is 39.8 Å². The number of nitrogens with zero attached hydrogens (tertiary/aromatic N) is 3. The topological polar surface area (TPSA) is 63.5 Å². The number of guanidine groups is 1. The third-order valence-electron chi connectivity index (χ3n) is 3.95. The number of aryl methyl sites for hydroxylation is 1. The van der Waals surface area contributed by atoms with Gasteiger partial charge in [0.25, 0.3) is 0 Å². The van der Waals surface area contributed by atoms with Crippen LogP contribution < -0.4 is 10.6 Å². The van der Waals surface area contributed by atoms with E-state index in [0.29, 0.717) is 6.61 Å². The first kappa shape index (κ1) is 19.2. The summed E-state index contributed by atoms with van der Waals surface area (Å²) in [5.74, 6) is 1.70. The summed E-state index contributed by atoms with van der Waals surface area (Å²) in [5, 5.41) is 11.3. The highest BCUT2D eigenvalue weighted by atomic mass is 127. The summed E-state index contributed by atoms with van der Waals surface area (Å²) >= 11 is 0. The molecule has 0 atom stereocenters. The van der Waals surface area contributed by atoms with E-state index in [4.69, 9.17) is 4.74 Å². The molecule has 22 heavy (non-hydrogen) atoms. The molecule has 0 aromatic carbocycles. The highest BCUT2D eigenvalue weighted by Gasteiger charge is 2.21. The van der Waals surface area contributed by atoms with Gasteiger partial charge in [0, 0.05) is 38.5 Å². The first-order chi connectivity index (χ1) is 10.2. The molecule has 0 bridgehead atoms. The predicted molar refractivity (Wildman–Crippen MR) is 99.9 cm³/mol. The zero-order valence-electron chi connectivity index (χ0n) is 14.0. The number of ether oxygens (including phenoxy) is 1. The van der Waals surface area contributed by atoms with Crippen LogP contribution >= 0.6 is 24.0 Å². The molecule has 1 fully saturated rings. The molecule has 2 rings (SSSR count). The molecule has 1 aromatic heterocycles. The Balaban J connectivity index is 0.00000242. The van der Waals surface area contributed by atoms with E-state index in [0.717, 1.165) is 37.2 Å². The van der Waals surface area contributed by atoms with E-state index < -0.39 is 0 Å². The fourth-order valence-electron chi connectivity index (χ4n) is 2.34. The number of methoxy groups -OCH3 is 1. The molecule has 0 amide bonds. The first-order valence-corrected chi connectivity index (χ1v) is 7.62. The lowest BCUT2D eigenvalue weighted by molar-refractivity contribution is 0.182. The third-order valence-corrected chi connectivity index (χ3v) is 3.95. The largest absolute Gasteiger partial charge is 0.383 e. The van der Waals surface area contributed by atoms with E-state index >= 15 is 0 Å². The van der Waals surface area contributed by atoms with E-state index in [1.807, 2.05) is 18.7 Å². The maximum absolute atomic E-state index is 5.12. The second-order valence-corrected chi connectivity index (χ2v) is 5.62. The van der Waals surface area contributed by atoms with Crippen molar-refractivity contribution in [3.63, 3.8) is 0 Å². The molecule has 1 aliphatic carbocycles. The van der Waals surface area contributed by atoms with Gasteiger partial charge in [-0.1, -0.05) is 0 Å². The molecule has 0 saturated heterocycles.